The molecule has 0 spiro atoms. The first-order valence-corrected chi connectivity index (χ1v) is 6.24. The molecule has 1 aromatic carbocycles. The first-order valence-electron chi connectivity index (χ1n) is 5.86. The predicted molar refractivity (Wildman–Crippen MR) is 72.4 cm³/mol. The van der Waals surface area contributed by atoms with Crippen LogP contribution in [0.2, 0.25) is 5.02 Å². The van der Waals surface area contributed by atoms with Gasteiger partial charge < -0.3 is 14.8 Å². The Morgan fingerprint density at radius 3 is 2.68 bits per heavy atom. The number of benzene rings is 1. The highest BCUT2D eigenvalue weighted by Gasteiger charge is 2.14. The van der Waals surface area contributed by atoms with Crippen molar-refractivity contribution >= 4 is 17.6 Å². The van der Waals surface area contributed by atoms with Crippen LogP contribution < -0.4 is 5.32 Å². The molecule has 100 valence electrons. The number of carbonyl (C=O) groups is 1. The summed E-state index contributed by atoms with van der Waals surface area (Å²) in [6.07, 6.45) is 1.38. The first kappa shape index (κ1) is 13.6. The molecule has 0 fully saturated rings. The van der Waals surface area contributed by atoms with Crippen molar-refractivity contribution in [2.45, 2.75) is 19.5 Å². The van der Waals surface area contributed by atoms with Gasteiger partial charge in [-0.25, -0.2) is 4.79 Å². The van der Waals surface area contributed by atoms with Gasteiger partial charge in [0.1, 0.15) is 0 Å². The fourth-order valence-corrected chi connectivity index (χ4v) is 1.92. The van der Waals surface area contributed by atoms with Crippen LogP contribution in [0.1, 0.15) is 34.6 Å². The highest BCUT2D eigenvalue weighted by Crippen LogP contribution is 2.17. The monoisotopic (exact) mass is 279 g/mol. The number of nitrogens with one attached hydrogen (secondary N) is 1. The largest absolute Gasteiger partial charge is 0.475 e. The number of rotatable bonds is 5. The summed E-state index contributed by atoms with van der Waals surface area (Å²) in [5.41, 5.74) is 1.72. The molecule has 0 saturated heterocycles. The van der Waals surface area contributed by atoms with E-state index < -0.39 is 5.97 Å². The summed E-state index contributed by atoms with van der Waals surface area (Å²) in [7, 11) is 0. The van der Waals surface area contributed by atoms with Crippen LogP contribution in [0.25, 0.3) is 0 Å². The zero-order chi connectivity index (χ0) is 13.8. The molecule has 2 aromatic rings. The molecule has 5 heteroatoms. The van der Waals surface area contributed by atoms with E-state index in [0.29, 0.717) is 17.1 Å². The second-order valence-electron chi connectivity index (χ2n) is 4.23. The SMILES string of the molecule is C[C@H](NCc1ccoc1C(=O)O)c1ccc(Cl)cc1. The van der Waals surface area contributed by atoms with Gasteiger partial charge >= 0.3 is 5.97 Å². The lowest BCUT2D eigenvalue weighted by Gasteiger charge is -2.13. The molecule has 4 nitrogen and oxygen atoms in total. The molecule has 2 rings (SSSR count). The molecule has 19 heavy (non-hydrogen) atoms. The Kier molecular flexibility index (Phi) is 4.24. The van der Waals surface area contributed by atoms with Crippen LogP contribution >= 0.6 is 11.6 Å². The second kappa shape index (κ2) is 5.91. The third kappa shape index (κ3) is 3.36. The average Bonchev–Trinajstić information content (AvgIpc) is 2.85. The lowest BCUT2D eigenvalue weighted by molar-refractivity contribution is 0.0660. The van der Waals surface area contributed by atoms with Gasteiger partial charge in [-0.3, -0.25) is 0 Å². The minimum atomic E-state index is -1.05. The Hall–Kier alpha value is -1.78. The maximum absolute atomic E-state index is 10.9. The molecule has 0 amide bonds. The third-order valence-corrected chi connectivity index (χ3v) is 3.16. The Morgan fingerprint density at radius 1 is 1.37 bits per heavy atom. The Morgan fingerprint density at radius 2 is 2.05 bits per heavy atom. The maximum atomic E-state index is 10.9. The lowest BCUT2D eigenvalue weighted by atomic mass is 10.1. The summed E-state index contributed by atoms with van der Waals surface area (Å²) in [6, 6.07) is 9.28. The van der Waals surface area contributed by atoms with Crippen LogP contribution in [0.5, 0.6) is 0 Å². The third-order valence-electron chi connectivity index (χ3n) is 2.91. The molecule has 0 aliphatic heterocycles. The number of halogens is 1. The summed E-state index contributed by atoms with van der Waals surface area (Å²) < 4.78 is 4.92. The van der Waals surface area contributed by atoms with E-state index in [0.717, 1.165) is 5.56 Å². The van der Waals surface area contributed by atoms with Crippen LogP contribution in [0.15, 0.2) is 41.0 Å². The minimum absolute atomic E-state index is 0.0178. The topological polar surface area (TPSA) is 62.5 Å². The van der Waals surface area contributed by atoms with Crippen molar-refractivity contribution in [2.24, 2.45) is 0 Å². The van der Waals surface area contributed by atoms with Gasteiger partial charge in [-0.1, -0.05) is 23.7 Å². The van der Waals surface area contributed by atoms with Gasteiger partial charge in [0.15, 0.2) is 0 Å². The summed E-state index contributed by atoms with van der Waals surface area (Å²) >= 11 is 5.83. The maximum Gasteiger partial charge on any atom is 0.372 e. The molecular weight excluding hydrogens is 266 g/mol. The highest BCUT2D eigenvalue weighted by molar-refractivity contribution is 6.30. The van der Waals surface area contributed by atoms with Crippen LogP contribution in [0.4, 0.5) is 0 Å². The van der Waals surface area contributed by atoms with Crippen molar-refractivity contribution in [1.82, 2.24) is 5.32 Å². The fraction of sp³-hybridized carbons (Fsp3) is 0.214. The van der Waals surface area contributed by atoms with Gasteiger partial charge in [-0.15, -0.1) is 0 Å². The van der Waals surface area contributed by atoms with E-state index in [2.05, 4.69) is 5.32 Å². The van der Waals surface area contributed by atoms with E-state index in [1.807, 2.05) is 31.2 Å². The van der Waals surface area contributed by atoms with Crippen molar-refractivity contribution in [2.75, 3.05) is 0 Å². The van der Waals surface area contributed by atoms with Gasteiger partial charge in [0, 0.05) is 23.2 Å². The zero-order valence-electron chi connectivity index (χ0n) is 10.4. The molecule has 0 aliphatic rings. The second-order valence-corrected chi connectivity index (χ2v) is 4.67. The van der Waals surface area contributed by atoms with E-state index in [1.165, 1.54) is 6.26 Å². The van der Waals surface area contributed by atoms with Crippen molar-refractivity contribution in [3.63, 3.8) is 0 Å². The molecule has 0 radical (unpaired) electrons. The van der Waals surface area contributed by atoms with Gasteiger partial charge in [0.25, 0.3) is 0 Å². The summed E-state index contributed by atoms with van der Waals surface area (Å²) in [6.45, 7) is 2.44. The molecule has 1 aromatic heterocycles. The van der Waals surface area contributed by atoms with Gasteiger partial charge in [-0.05, 0) is 30.7 Å². The molecule has 0 unspecified atom stereocenters. The van der Waals surface area contributed by atoms with E-state index in [1.54, 1.807) is 6.07 Å². The predicted octanol–water partition coefficient (Wildman–Crippen LogP) is 3.48. The molecule has 1 atom stereocenters. The van der Waals surface area contributed by atoms with E-state index in [9.17, 15) is 4.79 Å². The number of furan rings is 1. The normalized spacial score (nSPS) is 12.3. The van der Waals surface area contributed by atoms with Crippen LogP contribution in [-0.4, -0.2) is 11.1 Å². The Balaban J connectivity index is 2.00. The highest BCUT2D eigenvalue weighted by atomic mass is 35.5. The van der Waals surface area contributed by atoms with Crippen molar-refractivity contribution < 1.29 is 14.3 Å². The molecular formula is C14H14ClNO3. The average molecular weight is 280 g/mol. The summed E-state index contributed by atoms with van der Waals surface area (Å²) in [5, 5.41) is 12.9. The number of carboxylic acid groups (broad SMARTS) is 1. The Bertz CT molecular complexity index is 562. The van der Waals surface area contributed by atoms with Crippen LogP contribution in [0, 0.1) is 0 Å². The summed E-state index contributed by atoms with van der Waals surface area (Å²) in [4.78, 5) is 10.9. The van der Waals surface area contributed by atoms with Gasteiger partial charge in [0.05, 0.1) is 6.26 Å². The van der Waals surface area contributed by atoms with Crippen LogP contribution in [-0.2, 0) is 6.54 Å². The van der Waals surface area contributed by atoms with Gasteiger partial charge in [0.2, 0.25) is 5.76 Å². The number of carboxylic acids is 1. The van der Waals surface area contributed by atoms with Crippen molar-refractivity contribution in [3.05, 3.63) is 58.5 Å². The Labute approximate surface area is 116 Å². The van der Waals surface area contributed by atoms with Crippen LogP contribution in [0.3, 0.4) is 0 Å². The number of hydrogen-bond donors (Lipinski definition) is 2. The lowest BCUT2D eigenvalue weighted by Crippen LogP contribution is -2.19. The number of hydrogen-bond acceptors (Lipinski definition) is 3. The molecule has 0 bridgehead atoms. The van der Waals surface area contributed by atoms with Crippen molar-refractivity contribution in [3.8, 4) is 0 Å². The van der Waals surface area contributed by atoms with E-state index >= 15 is 0 Å². The van der Waals surface area contributed by atoms with Gasteiger partial charge in [-0.2, -0.15) is 0 Å². The summed E-state index contributed by atoms with van der Waals surface area (Å²) in [5.74, 6) is -1.07. The van der Waals surface area contributed by atoms with E-state index in [-0.39, 0.29) is 11.8 Å². The molecule has 0 saturated carbocycles. The zero-order valence-corrected chi connectivity index (χ0v) is 11.1. The standard InChI is InChI=1S/C14H14ClNO3/c1-9(10-2-4-12(15)5-3-10)16-8-11-6-7-19-13(11)14(17)18/h2-7,9,16H,8H2,1H3,(H,17,18)/t9-/m0/s1. The van der Waals surface area contributed by atoms with Crippen molar-refractivity contribution in [1.29, 1.82) is 0 Å². The van der Waals surface area contributed by atoms with E-state index in [4.69, 9.17) is 21.1 Å². The molecule has 2 N–H and O–H groups in total. The minimum Gasteiger partial charge on any atom is -0.475 e. The fourth-order valence-electron chi connectivity index (χ4n) is 1.79. The number of aromatic carboxylic acids is 1. The first-order chi connectivity index (χ1) is 9.08. The molecule has 1 heterocycles. The quantitative estimate of drug-likeness (QED) is 0.879. The molecule has 0 aliphatic carbocycles. The smallest absolute Gasteiger partial charge is 0.372 e.